The minimum Gasteiger partial charge on any atom is -0.467 e. The van der Waals surface area contributed by atoms with Crippen molar-refractivity contribution in [1.29, 1.82) is 0 Å². The van der Waals surface area contributed by atoms with E-state index in [1.165, 1.54) is 18.3 Å². The van der Waals surface area contributed by atoms with E-state index in [4.69, 9.17) is 0 Å². The number of pyridine rings is 1. The Morgan fingerprint density at radius 2 is 1.89 bits per heavy atom. The Labute approximate surface area is 158 Å². The number of aromatic nitrogens is 3. The molecule has 0 aliphatic heterocycles. The van der Waals surface area contributed by atoms with Crippen molar-refractivity contribution in [2.45, 2.75) is 20.0 Å². The largest absolute Gasteiger partial charge is 0.467 e. The molecule has 1 aromatic carbocycles. The molecule has 3 rings (SSSR count). The Hall–Kier alpha value is -3.36. The zero-order valence-corrected chi connectivity index (χ0v) is 15.1. The highest BCUT2D eigenvalue weighted by atomic mass is 19.4. The highest BCUT2D eigenvalue weighted by Gasteiger charge is 2.29. The van der Waals surface area contributed by atoms with Crippen LogP contribution in [0, 0.1) is 13.8 Å². The fraction of sp³-hybridized carbons (Fsp3) is 0.211. The van der Waals surface area contributed by atoms with Crippen LogP contribution < -0.4 is 10.1 Å². The third kappa shape index (κ3) is 4.87. The maximum Gasteiger partial charge on any atom is 0.422 e. The molecule has 0 unspecified atom stereocenters. The highest BCUT2D eigenvalue weighted by molar-refractivity contribution is 6.05. The smallest absolute Gasteiger partial charge is 0.422 e. The fourth-order valence-electron chi connectivity index (χ4n) is 2.68. The first-order chi connectivity index (χ1) is 13.2. The third-order valence-corrected chi connectivity index (χ3v) is 3.74. The van der Waals surface area contributed by atoms with Crippen molar-refractivity contribution < 1.29 is 22.7 Å². The molecule has 0 spiro atoms. The summed E-state index contributed by atoms with van der Waals surface area (Å²) in [6, 6.07) is 10.4. The zero-order valence-electron chi connectivity index (χ0n) is 15.1. The number of nitrogens with zero attached hydrogens (tertiary/aromatic N) is 2. The van der Waals surface area contributed by atoms with Crippen LogP contribution in [0.2, 0.25) is 0 Å². The summed E-state index contributed by atoms with van der Waals surface area (Å²) < 4.78 is 41.8. The maximum absolute atomic E-state index is 12.4. The van der Waals surface area contributed by atoms with Gasteiger partial charge in [-0.15, -0.1) is 0 Å². The van der Waals surface area contributed by atoms with Crippen LogP contribution in [0.4, 0.5) is 19.0 Å². The van der Waals surface area contributed by atoms with Gasteiger partial charge in [0.2, 0.25) is 5.88 Å². The average molecular weight is 390 g/mol. The summed E-state index contributed by atoms with van der Waals surface area (Å²) in [7, 11) is 0. The van der Waals surface area contributed by atoms with E-state index >= 15 is 0 Å². The Morgan fingerprint density at radius 1 is 1.18 bits per heavy atom. The monoisotopic (exact) mass is 390 g/mol. The van der Waals surface area contributed by atoms with Crippen molar-refractivity contribution in [3.8, 4) is 17.1 Å². The van der Waals surface area contributed by atoms with E-state index in [-0.39, 0.29) is 11.4 Å². The van der Waals surface area contributed by atoms with Gasteiger partial charge in [0.15, 0.2) is 12.4 Å². The quantitative estimate of drug-likeness (QED) is 0.681. The van der Waals surface area contributed by atoms with E-state index in [1.807, 2.05) is 32.0 Å². The van der Waals surface area contributed by atoms with E-state index in [0.717, 1.165) is 16.7 Å². The number of alkyl halides is 3. The minimum absolute atomic E-state index is 0.122. The van der Waals surface area contributed by atoms with Gasteiger partial charge in [0, 0.05) is 17.8 Å². The number of anilines is 1. The summed E-state index contributed by atoms with van der Waals surface area (Å²) in [5.41, 5.74) is 3.64. The SMILES string of the molecule is Cc1cc(C)cc(-c2cc(NC(=O)c3cccnc3OCC(F)(F)F)n[nH]2)c1. The second kappa shape index (κ2) is 7.71. The first-order valence-corrected chi connectivity index (χ1v) is 8.31. The van der Waals surface area contributed by atoms with Gasteiger partial charge >= 0.3 is 6.18 Å². The van der Waals surface area contributed by atoms with E-state index in [9.17, 15) is 18.0 Å². The molecular weight excluding hydrogens is 373 g/mol. The number of benzene rings is 1. The van der Waals surface area contributed by atoms with Gasteiger partial charge in [-0.05, 0) is 38.1 Å². The molecule has 9 heteroatoms. The lowest BCUT2D eigenvalue weighted by atomic mass is 10.1. The number of H-pyrrole nitrogens is 1. The van der Waals surface area contributed by atoms with Crippen LogP contribution in [-0.2, 0) is 0 Å². The topological polar surface area (TPSA) is 79.9 Å². The molecule has 2 aromatic heterocycles. The molecule has 28 heavy (non-hydrogen) atoms. The minimum atomic E-state index is -4.53. The van der Waals surface area contributed by atoms with Crippen LogP contribution in [0.1, 0.15) is 21.5 Å². The van der Waals surface area contributed by atoms with Crippen LogP contribution in [0.15, 0.2) is 42.6 Å². The third-order valence-electron chi connectivity index (χ3n) is 3.74. The van der Waals surface area contributed by atoms with E-state index in [2.05, 4.69) is 25.2 Å². The number of ether oxygens (including phenoxy) is 1. The highest BCUT2D eigenvalue weighted by Crippen LogP contribution is 2.24. The van der Waals surface area contributed by atoms with Gasteiger partial charge in [-0.3, -0.25) is 9.89 Å². The normalized spacial score (nSPS) is 11.3. The molecular formula is C19H17F3N4O2. The van der Waals surface area contributed by atoms with Crippen LogP contribution in [0.25, 0.3) is 11.3 Å². The molecule has 0 atom stereocenters. The Morgan fingerprint density at radius 3 is 2.57 bits per heavy atom. The predicted octanol–water partition coefficient (Wildman–Crippen LogP) is 4.28. The van der Waals surface area contributed by atoms with E-state index < -0.39 is 24.6 Å². The number of carbonyl (C=O) groups excluding carboxylic acids is 1. The van der Waals surface area contributed by atoms with Crippen molar-refractivity contribution in [1.82, 2.24) is 15.2 Å². The molecule has 0 fully saturated rings. The summed E-state index contributed by atoms with van der Waals surface area (Å²) in [5.74, 6) is -0.851. The molecule has 0 saturated heterocycles. The van der Waals surface area contributed by atoms with Crippen molar-refractivity contribution in [2.24, 2.45) is 0 Å². The number of carbonyl (C=O) groups is 1. The number of rotatable bonds is 5. The number of nitrogens with one attached hydrogen (secondary N) is 2. The first kappa shape index (κ1) is 19.4. The number of amides is 1. The number of aromatic amines is 1. The molecule has 0 radical (unpaired) electrons. The Balaban J connectivity index is 1.76. The molecule has 3 aromatic rings. The number of halogens is 3. The van der Waals surface area contributed by atoms with Crippen LogP contribution in [0.5, 0.6) is 5.88 Å². The molecule has 0 aliphatic carbocycles. The standard InChI is InChI=1S/C19H17F3N4O2/c1-11-6-12(2)8-13(7-11)15-9-16(26-25-15)24-17(27)14-4-3-5-23-18(14)28-10-19(20,21)22/h3-9H,10H2,1-2H3,(H2,24,25,26,27). The zero-order chi connectivity index (χ0) is 20.3. The fourth-order valence-corrected chi connectivity index (χ4v) is 2.68. The van der Waals surface area contributed by atoms with Gasteiger partial charge in [0.1, 0.15) is 5.56 Å². The summed E-state index contributed by atoms with van der Waals surface area (Å²) in [6.45, 7) is 2.41. The van der Waals surface area contributed by atoms with Crippen molar-refractivity contribution >= 4 is 11.7 Å². The number of hydrogen-bond acceptors (Lipinski definition) is 4. The molecule has 2 N–H and O–H groups in total. The van der Waals surface area contributed by atoms with Crippen LogP contribution in [-0.4, -0.2) is 33.9 Å². The second-order valence-corrected chi connectivity index (χ2v) is 6.26. The van der Waals surface area contributed by atoms with Gasteiger partial charge in [-0.2, -0.15) is 18.3 Å². The second-order valence-electron chi connectivity index (χ2n) is 6.26. The average Bonchev–Trinajstić information content (AvgIpc) is 3.07. The van der Waals surface area contributed by atoms with Gasteiger partial charge < -0.3 is 10.1 Å². The van der Waals surface area contributed by atoms with Gasteiger partial charge in [0.05, 0.1) is 5.69 Å². The Bertz CT molecular complexity index is 979. The van der Waals surface area contributed by atoms with Gasteiger partial charge in [0.25, 0.3) is 5.91 Å². The van der Waals surface area contributed by atoms with Crippen LogP contribution in [0.3, 0.4) is 0 Å². The molecule has 2 heterocycles. The summed E-state index contributed by atoms with van der Waals surface area (Å²) in [6.07, 6.45) is -3.29. The first-order valence-electron chi connectivity index (χ1n) is 8.31. The van der Waals surface area contributed by atoms with Gasteiger partial charge in [-0.1, -0.05) is 17.2 Å². The molecule has 6 nitrogen and oxygen atoms in total. The lowest BCUT2D eigenvalue weighted by Gasteiger charge is -2.11. The summed E-state index contributed by atoms with van der Waals surface area (Å²) in [5, 5.41) is 9.40. The van der Waals surface area contributed by atoms with E-state index in [0.29, 0.717) is 5.69 Å². The number of aryl methyl sites for hydroxylation is 2. The van der Waals surface area contributed by atoms with Crippen molar-refractivity contribution in [3.05, 3.63) is 59.3 Å². The molecule has 146 valence electrons. The molecule has 0 saturated carbocycles. The van der Waals surface area contributed by atoms with E-state index in [1.54, 1.807) is 6.07 Å². The lowest BCUT2D eigenvalue weighted by molar-refractivity contribution is -0.154. The molecule has 0 aliphatic rings. The van der Waals surface area contributed by atoms with Gasteiger partial charge in [-0.25, -0.2) is 4.98 Å². The lowest BCUT2D eigenvalue weighted by Crippen LogP contribution is -2.22. The predicted molar refractivity (Wildman–Crippen MR) is 97.2 cm³/mol. The summed E-state index contributed by atoms with van der Waals surface area (Å²) >= 11 is 0. The Kier molecular flexibility index (Phi) is 5.34. The molecule has 1 amide bonds. The number of hydrogen-bond donors (Lipinski definition) is 2. The molecule has 0 bridgehead atoms. The van der Waals surface area contributed by atoms with Crippen LogP contribution >= 0.6 is 0 Å². The summed E-state index contributed by atoms with van der Waals surface area (Å²) in [4.78, 5) is 16.2. The maximum atomic E-state index is 12.4. The van der Waals surface area contributed by atoms with Crippen molar-refractivity contribution in [2.75, 3.05) is 11.9 Å². The van der Waals surface area contributed by atoms with Crippen molar-refractivity contribution in [3.63, 3.8) is 0 Å².